The molecule has 0 radical (unpaired) electrons. The maximum absolute atomic E-state index is 12.0. The lowest BCUT2D eigenvalue weighted by molar-refractivity contribution is -0.139. The van der Waals surface area contributed by atoms with Crippen LogP contribution in [0.15, 0.2) is 30.5 Å². The van der Waals surface area contributed by atoms with Gasteiger partial charge in [-0.25, -0.2) is 9.78 Å². The summed E-state index contributed by atoms with van der Waals surface area (Å²) >= 11 is 0. The van der Waals surface area contributed by atoms with Crippen LogP contribution in [0.25, 0.3) is 0 Å². The number of pyridine rings is 1. The topological polar surface area (TPSA) is 88.5 Å². The van der Waals surface area contributed by atoms with Gasteiger partial charge in [0, 0.05) is 6.20 Å². The first-order valence-corrected chi connectivity index (χ1v) is 5.74. The highest BCUT2D eigenvalue weighted by Crippen LogP contribution is 2.13. The number of aromatic nitrogens is 1. The van der Waals surface area contributed by atoms with Crippen LogP contribution < -0.4 is 10.1 Å². The summed E-state index contributed by atoms with van der Waals surface area (Å²) < 4.78 is 4.96. The average Bonchev–Trinajstić information content (AvgIpc) is 2.42. The number of methoxy groups -OCH3 is 1. The minimum absolute atomic E-state index is 0.162. The van der Waals surface area contributed by atoms with Gasteiger partial charge in [0.15, 0.2) is 0 Å². The Kier molecular flexibility index (Phi) is 5.53. The Labute approximate surface area is 111 Å². The number of ether oxygens (including phenoxy) is 1. The smallest absolute Gasteiger partial charge is 0.326 e. The number of carbonyl (C=O) groups is 2. The van der Waals surface area contributed by atoms with E-state index in [0.717, 1.165) is 0 Å². The zero-order valence-electron chi connectivity index (χ0n) is 10.8. The van der Waals surface area contributed by atoms with Crippen LogP contribution in [0.5, 0.6) is 5.88 Å². The van der Waals surface area contributed by atoms with E-state index >= 15 is 0 Å². The molecule has 1 unspecified atom stereocenters. The Morgan fingerprint density at radius 2 is 2.32 bits per heavy atom. The zero-order chi connectivity index (χ0) is 14.3. The average molecular weight is 264 g/mol. The number of carboxylic acid groups (broad SMARTS) is 1. The highest BCUT2D eigenvalue weighted by molar-refractivity contribution is 5.98. The molecular weight excluding hydrogens is 248 g/mol. The lowest BCUT2D eigenvalue weighted by Crippen LogP contribution is -2.40. The lowest BCUT2D eigenvalue weighted by Gasteiger charge is -2.13. The number of allylic oxidation sites excluding steroid dienone is 1. The predicted octanol–water partition coefficient (Wildman–Crippen LogP) is 1.24. The number of rotatable bonds is 6. The van der Waals surface area contributed by atoms with Crippen molar-refractivity contribution in [1.29, 1.82) is 0 Å². The number of nitrogens with zero attached hydrogens (tertiary/aromatic N) is 1. The summed E-state index contributed by atoms with van der Waals surface area (Å²) in [6, 6.07) is 2.13. The Balaban J connectivity index is 2.84. The SMILES string of the molecule is C/C=C/CC(NC(=O)c1cccnc1OC)C(=O)O. The van der Waals surface area contributed by atoms with E-state index in [0.29, 0.717) is 0 Å². The van der Waals surface area contributed by atoms with E-state index in [1.54, 1.807) is 25.1 Å². The van der Waals surface area contributed by atoms with E-state index in [1.807, 2.05) is 0 Å². The van der Waals surface area contributed by atoms with Crippen molar-refractivity contribution in [3.63, 3.8) is 0 Å². The highest BCUT2D eigenvalue weighted by atomic mass is 16.5. The quantitative estimate of drug-likeness (QED) is 0.755. The number of nitrogens with one attached hydrogen (secondary N) is 1. The maximum atomic E-state index is 12.0. The van der Waals surface area contributed by atoms with Crippen molar-refractivity contribution in [1.82, 2.24) is 10.3 Å². The molecular formula is C13H16N2O4. The van der Waals surface area contributed by atoms with Crippen LogP contribution in [0.3, 0.4) is 0 Å². The molecule has 1 aromatic rings. The molecule has 0 fully saturated rings. The number of hydrogen-bond acceptors (Lipinski definition) is 4. The maximum Gasteiger partial charge on any atom is 0.326 e. The van der Waals surface area contributed by atoms with E-state index in [-0.39, 0.29) is 17.9 Å². The summed E-state index contributed by atoms with van der Waals surface area (Å²) in [4.78, 5) is 26.9. The molecule has 0 aliphatic carbocycles. The molecule has 0 aromatic carbocycles. The molecule has 6 nitrogen and oxygen atoms in total. The fourth-order valence-electron chi connectivity index (χ4n) is 1.46. The van der Waals surface area contributed by atoms with Crippen LogP contribution in [0.4, 0.5) is 0 Å². The molecule has 1 rings (SSSR count). The zero-order valence-corrected chi connectivity index (χ0v) is 10.8. The molecule has 102 valence electrons. The van der Waals surface area contributed by atoms with Crippen LogP contribution in [0.1, 0.15) is 23.7 Å². The predicted molar refractivity (Wildman–Crippen MR) is 69.1 cm³/mol. The number of amides is 1. The molecule has 0 bridgehead atoms. The minimum atomic E-state index is -1.09. The van der Waals surface area contributed by atoms with Crippen LogP contribution in [0, 0.1) is 0 Å². The van der Waals surface area contributed by atoms with Gasteiger partial charge in [-0.15, -0.1) is 0 Å². The number of aliphatic carboxylic acids is 1. The molecule has 0 aliphatic heterocycles. The second kappa shape index (κ2) is 7.15. The van der Waals surface area contributed by atoms with Gasteiger partial charge in [0.25, 0.3) is 5.91 Å². The van der Waals surface area contributed by atoms with E-state index in [4.69, 9.17) is 9.84 Å². The van der Waals surface area contributed by atoms with Gasteiger partial charge in [-0.2, -0.15) is 0 Å². The summed E-state index contributed by atoms with van der Waals surface area (Å²) in [6.45, 7) is 1.78. The van der Waals surface area contributed by atoms with Gasteiger partial charge in [0.1, 0.15) is 11.6 Å². The molecule has 0 saturated carbocycles. The summed E-state index contributed by atoms with van der Waals surface area (Å²) in [5, 5.41) is 11.5. The molecule has 0 saturated heterocycles. The third-order valence-corrected chi connectivity index (χ3v) is 2.42. The molecule has 2 N–H and O–H groups in total. The van der Waals surface area contributed by atoms with Crippen LogP contribution in [0.2, 0.25) is 0 Å². The Morgan fingerprint density at radius 1 is 1.58 bits per heavy atom. The van der Waals surface area contributed by atoms with E-state index in [2.05, 4.69) is 10.3 Å². The van der Waals surface area contributed by atoms with Crippen LogP contribution >= 0.6 is 0 Å². The van der Waals surface area contributed by atoms with Gasteiger partial charge in [-0.1, -0.05) is 12.2 Å². The first-order chi connectivity index (χ1) is 9.10. The van der Waals surface area contributed by atoms with Crippen LogP contribution in [-0.4, -0.2) is 35.1 Å². The van der Waals surface area contributed by atoms with E-state index in [1.165, 1.54) is 19.4 Å². The van der Waals surface area contributed by atoms with Crippen molar-refractivity contribution in [2.45, 2.75) is 19.4 Å². The third-order valence-electron chi connectivity index (χ3n) is 2.42. The number of hydrogen-bond donors (Lipinski definition) is 2. The molecule has 1 aromatic heterocycles. The molecule has 1 atom stereocenters. The first kappa shape index (κ1) is 14.7. The summed E-state index contributed by atoms with van der Waals surface area (Å²) in [7, 11) is 1.40. The van der Waals surface area contributed by atoms with E-state index < -0.39 is 17.9 Å². The Morgan fingerprint density at radius 3 is 2.89 bits per heavy atom. The largest absolute Gasteiger partial charge is 0.480 e. The van der Waals surface area contributed by atoms with Gasteiger partial charge in [0.2, 0.25) is 5.88 Å². The third kappa shape index (κ3) is 4.09. The van der Waals surface area contributed by atoms with Crippen molar-refractivity contribution in [3.05, 3.63) is 36.0 Å². The summed E-state index contributed by atoms with van der Waals surface area (Å²) in [6.07, 6.45) is 5.12. The van der Waals surface area contributed by atoms with Crippen molar-refractivity contribution < 1.29 is 19.4 Å². The summed E-state index contributed by atoms with van der Waals surface area (Å²) in [5.74, 6) is -1.45. The standard InChI is InChI=1S/C13H16N2O4/c1-3-4-7-10(13(17)18)15-11(16)9-6-5-8-14-12(9)19-2/h3-6,8,10H,7H2,1-2H3,(H,15,16)(H,17,18)/b4-3+. The fraction of sp³-hybridized carbons (Fsp3) is 0.308. The first-order valence-electron chi connectivity index (χ1n) is 5.74. The Bertz CT molecular complexity index is 485. The normalized spacial score (nSPS) is 12.1. The van der Waals surface area contributed by atoms with Crippen molar-refractivity contribution in [3.8, 4) is 5.88 Å². The van der Waals surface area contributed by atoms with Gasteiger partial charge in [0.05, 0.1) is 7.11 Å². The second-order valence-electron chi connectivity index (χ2n) is 3.73. The summed E-state index contributed by atoms with van der Waals surface area (Å²) in [5.41, 5.74) is 0.205. The molecule has 1 amide bonds. The molecule has 0 aliphatic rings. The van der Waals surface area contributed by atoms with Gasteiger partial charge >= 0.3 is 5.97 Å². The van der Waals surface area contributed by atoms with Crippen molar-refractivity contribution >= 4 is 11.9 Å². The second-order valence-corrected chi connectivity index (χ2v) is 3.73. The van der Waals surface area contributed by atoms with Crippen molar-refractivity contribution in [2.75, 3.05) is 7.11 Å². The van der Waals surface area contributed by atoms with Gasteiger partial charge in [-0.05, 0) is 25.5 Å². The fourth-order valence-corrected chi connectivity index (χ4v) is 1.46. The minimum Gasteiger partial charge on any atom is -0.480 e. The van der Waals surface area contributed by atoms with Crippen LogP contribution in [-0.2, 0) is 4.79 Å². The number of carboxylic acids is 1. The molecule has 0 spiro atoms. The molecule has 6 heteroatoms. The highest BCUT2D eigenvalue weighted by Gasteiger charge is 2.21. The van der Waals surface area contributed by atoms with Gasteiger partial charge in [-0.3, -0.25) is 4.79 Å². The molecule has 1 heterocycles. The van der Waals surface area contributed by atoms with Crippen molar-refractivity contribution in [2.24, 2.45) is 0 Å². The lowest BCUT2D eigenvalue weighted by atomic mass is 10.1. The number of carbonyl (C=O) groups excluding carboxylic acids is 1. The monoisotopic (exact) mass is 264 g/mol. The van der Waals surface area contributed by atoms with E-state index in [9.17, 15) is 9.59 Å². The van der Waals surface area contributed by atoms with Gasteiger partial charge < -0.3 is 15.2 Å². The Hall–Kier alpha value is -2.37. The molecule has 19 heavy (non-hydrogen) atoms.